The fourth-order valence-corrected chi connectivity index (χ4v) is 1.69. The van der Waals surface area contributed by atoms with Crippen LogP contribution in [0.5, 0.6) is 5.75 Å². The van der Waals surface area contributed by atoms with E-state index in [1.54, 1.807) is 19.9 Å². The van der Waals surface area contributed by atoms with Crippen LogP contribution in [-0.4, -0.2) is 12.6 Å². The van der Waals surface area contributed by atoms with E-state index in [1.165, 1.54) is 27.0 Å². The molecule has 2 N–H and O–H groups in total. The molecule has 1 aromatic carbocycles. The van der Waals surface area contributed by atoms with Crippen molar-refractivity contribution in [2.24, 2.45) is 5.73 Å². The van der Waals surface area contributed by atoms with Crippen LogP contribution in [0, 0.1) is 13.8 Å². The van der Waals surface area contributed by atoms with Crippen LogP contribution < -0.4 is 10.5 Å². The van der Waals surface area contributed by atoms with E-state index in [0.29, 0.717) is 16.9 Å². The smallest absolute Gasteiger partial charge is 0.290 e. The summed E-state index contributed by atoms with van der Waals surface area (Å²) in [5, 5.41) is 0. The summed E-state index contributed by atoms with van der Waals surface area (Å²) in [7, 11) is 1.52. The van der Waals surface area contributed by atoms with Gasteiger partial charge in [-0.1, -0.05) is 0 Å². The molecule has 0 aromatic heterocycles. The number of aryl methyl sites for hydroxylation is 2. The molecular weight excluding hydrogens is 224 g/mol. The maximum absolute atomic E-state index is 14.2. The van der Waals surface area contributed by atoms with Gasteiger partial charge >= 0.3 is 0 Å². The lowest BCUT2D eigenvalue weighted by Crippen LogP contribution is -2.48. The Kier molecular flexibility index (Phi) is 3.48. The number of methoxy groups -OCH3 is 1. The molecular formula is C13H19F2NO. The lowest BCUT2D eigenvalue weighted by molar-refractivity contribution is -0.0678. The summed E-state index contributed by atoms with van der Waals surface area (Å²) in [6, 6.07) is 3.06. The fourth-order valence-electron chi connectivity index (χ4n) is 1.69. The minimum absolute atomic E-state index is 0.0386. The number of hydrogen-bond acceptors (Lipinski definition) is 2. The third-order valence-corrected chi connectivity index (χ3v) is 2.89. The van der Waals surface area contributed by atoms with Gasteiger partial charge in [-0.2, -0.15) is 8.78 Å². The molecule has 0 saturated carbocycles. The van der Waals surface area contributed by atoms with Gasteiger partial charge in [-0.15, -0.1) is 0 Å². The van der Waals surface area contributed by atoms with Gasteiger partial charge in [-0.05, 0) is 51.0 Å². The fraction of sp³-hybridized carbons (Fsp3) is 0.538. The van der Waals surface area contributed by atoms with Crippen LogP contribution in [0.2, 0.25) is 0 Å². The summed E-state index contributed by atoms with van der Waals surface area (Å²) in [4.78, 5) is 0. The Morgan fingerprint density at radius 1 is 1.12 bits per heavy atom. The molecule has 0 fully saturated rings. The monoisotopic (exact) mass is 243 g/mol. The Bertz CT molecular complexity index is 422. The second kappa shape index (κ2) is 4.26. The van der Waals surface area contributed by atoms with E-state index >= 15 is 0 Å². The SMILES string of the molecule is COc1cc(C)c(C(F)(F)C(C)(C)N)cc1C. The van der Waals surface area contributed by atoms with Crippen molar-refractivity contribution in [1.82, 2.24) is 0 Å². The Balaban J connectivity index is 3.38. The van der Waals surface area contributed by atoms with E-state index in [1.807, 2.05) is 0 Å². The van der Waals surface area contributed by atoms with Crippen molar-refractivity contribution in [2.45, 2.75) is 39.2 Å². The average molecular weight is 243 g/mol. The summed E-state index contributed by atoms with van der Waals surface area (Å²) < 4.78 is 33.5. The first-order valence-electron chi connectivity index (χ1n) is 5.43. The van der Waals surface area contributed by atoms with Gasteiger partial charge in [0.25, 0.3) is 5.92 Å². The minimum Gasteiger partial charge on any atom is -0.496 e. The summed E-state index contributed by atoms with van der Waals surface area (Å²) >= 11 is 0. The molecule has 1 rings (SSSR count). The second-order valence-corrected chi connectivity index (χ2v) is 4.93. The molecule has 0 saturated heterocycles. The predicted octanol–water partition coefficient (Wildman–Crippen LogP) is 3.14. The van der Waals surface area contributed by atoms with Gasteiger partial charge in [-0.3, -0.25) is 0 Å². The zero-order valence-corrected chi connectivity index (χ0v) is 10.9. The van der Waals surface area contributed by atoms with Gasteiger partial charge in [0.2, 0.25) is 0 Å². The molecule has 0 aliphatic rings. The van der Waals surface area contributed by atoms with Crippen LogP contribution in [0.15, 0.2) is 12.1 Å². The highest BCUT2D eigenvalue weighted by molar-refractivity contribution is 5.44. The van der Waals surface area contributed by atoms with Crippen molar-refractivity contribution in [3.8, 4) is 5.75 Å². The number of halogens is 2. The highest BCUT2D eigenvalue weighted by Gasteiger charge is 2.46. The number of rotatable bonds is 3. The molecule has 0 unspecified atom stereocenters. The molecule has 17 heavy (non-hydrogen) atoms. The second-order valence-electron chi connectivity index (χ2n) is 4.93. The van der Waals surface area contributed by atoms with E-state index in [9.17, 15) is 8.78 Å². The van der Waals surface area contributed by atoms with Crippen LogP contribution >= 0.6 is 0 Å². The zero-order chi connectivity index (χ0) is 13.4. The van der Waals surface area contributed by atoms with Crippen LogP contribution in [0.25, 0.3) is 0 Å². The van der Waals surface area contributed by atoms with Crippen LogP contribution in [0.4, 0.5) is 8.78 Å². The van der Waals surface area contributed by atoms with Crippen molar-refractivity contribution in [2.75, 3.05) is 7.11 Å². The summed E-state index contributed by atoms with van der Waals surface area (Å²) in [6.07, 6.45) is 0. The molecule has 0 amide bonds. The summed E-state index contributed by atoms with van der Waals surface area (Å²) in [5.74, 6) is -2.47. The first-order valence-corrected chi connectivity index (χ1v) is 5.43. The van der Waals surface area contributed by atoms with E-state index in [-0.39, 0.29) is 5.56 Å². The molecule has 0 bridgehead atoms. The van der Waals surface area contributed by atoms with Gasteiger partial charge in [-0.25, -0.2) is 0 Å². The van der Waals surface area contributed by atoms with E-state index in [2.05, 4.69) is 0 Å². The molecule has 0 aliphatic carbocycles. The Morgan fingerprint density at radius 2 is 1.65 bits per heavy atom. The van der Waals surface area contributed by atoms with Crippen molar-refractivity contribution in [3.05, 3.63) is 28.8 Å². The molecule has 1 aromatic rings. The zero-order valence-electron chi connectivity index (χ0n) is 10.9. The van der Waals surface area contributed by atoms with Crippen molar-refractivity contribution in [1.29, 1.82) is 0 Å². The first-order chi connectivity index (χ1) is 7.61. The minimum atomic E-state index is -3.08. The Labute approximate surface area is 101 Å². The number of benzene rings is 1. The van der Waals surface area contributed by atoms with Crippen molar-refractivity contribution in [3.63, 3.8) is 0 Å². The maximum atomic E-state index is 14.2. The van der Waals surface area contributed by atoms with E-state index in [0.717, 1.165) is 0 Å². The van der Waals surface area contributed by atoms with Gasteiger partial charge in [0.15, 0.2) is 0 Å². The van der Waals surface area contributed by atoms with Gasteiger partial charge in [0.1, 0.15) is 5.75 Å². The molecule has 96 valence electrons. The van der Waals surface area contributed by atoms with Gasteiger partial charge in [0.05, 0.1) is 12.6 Å². The summed E-state index contributed by atoms with van der Waals surface area (Å²) in [6.45, 7) is 6.02. The quantitative estimate of drug-likeness (QED) is 0.885. The third kappa shape index (κ3) is 2.41. The molecule has 0 radical (unpaired) electrons. The predicted molar refractivity (Wildman–Crippen MR) is 64.6 cm³/mol. The molecule has 0 atom stereocenters. The number of alkyl halides is 2. The van der Waals surface area contributed by atoms with Gasteiger partial charge in [0, 0.05) is 5.56 Å². The number of ether oxygens (including phenoxy) is 1. The van der Waals surface area contributed by atoms with Crippen LogP contribution in [0.1, 0.15) is 30.5 Å². The standard InChI is InChI=1S/C13H19F2NO/c1-8-7-11(17-5)9(2)6-10(8)13(14,15)12(3,4)16/h6-7H,16H2,1-5H3. The highest BCUT2D eigenvalue weighted by Crippen LogP contribution is 2.40. The van der Waals surface area contributed by atoms with Gasteiger partial charge < -0.3 is 10.5 Å². The average Bonchev–Trinajstić information content (AvgIpc) is 2.18. The number of hydrogen-bond donors (Lipinski definition) is 1. The highest BCUT2D eigenvalue weighted by atomic mass is 19.3. The molecule has 0 heterocycles. The van der Waals surface area contributed by atoms with Crippen molar-refractivity contribution < 1.29 is 13.5 Å². The first kappa shape index (κ1) is 13.9. The molecule has 4 heteroatoms. The lowest BCUT2D eigenvalue weighted by atomic mass is 9.87. The lowest BCUT2D eigenvalue weighted by Gasteiger charge is -2.32. The van der Waals surface area contributed by atoms with E-state index in [4.69, 9.17) is 10.5 Å². The maximum Gasteiger partial charge on any atom is 0.290 e. The topological polar surface area (TPSA) is 35.2 Å². The normalized spacial score (nSPS) is 12.7. The van der Waals surface area contributed by atoms with Crippen LogP contribution in [0.3, 0.4) is 0 Å². The van der Waals surface area contributed by atoms with E-state index < -0.39 is 11.5 Å². The Hall–Kier alpha value is -1.16. The Morgan fingerprint density at radius 3 is 2.06 bits per heavy atom. The largest absolute Gasteiger partial charge is 0.496 e. The third-order valence-electron chi connectivity index (χ3n) is 2.89. The van der Waals surface area contributed by atoms with Crippen molar-refractivity contribution >= 4 is 0 Å². The molecule has 0 spiro atoms. The molecule has 2 nitrogen and oxygen atoms in total. The molecule has 0 aliphatic heterocycles. The number of nitrogens with two attached hydrogens (primary N) is 1. The van der Waals surface area contributed by atoms with Crippen LogP contribution in [-0.2, 0) is 5.92 Å². The summed E-state index contributed by atoms with van der Waals surface area (Å²) in [5.41, 5.74) is 5.08.